The first-order valence-electron chi connectivity index (χ1n) is 4.90. The van der Waals surface area contributed by atoms with E-state index in [1.807, 2.05) is 13.8 Å². The molecule has 4 heteroatoms. The van der Waals surface area contributed by atoms with Crippen molar-refractivity contribution in [2.24, 2.45) is 0 Å². The number of aryl methyl sites for hydroxylation is 1. The van der Waals surface area contributed by atoms with Gasteiger partial charge in [-0.05, 0) is 26.7 Å². The van der Waals surface area contributed by atoms with Crippen molar-refractivity contribution in [1.29, 1.82) is 0 Å². The Labute approximate surface area is 88.3 Å². The van der Waals surface area contributed by atoms with Crippen molar-refractivity contribution < 1.29 is 4.74 Å². The molecule has 2 rings (SSSR count). The van der Waals surface area contributed by atoms with E-state index in [1.165, 1.54) is 5.56 Å². The van der Waals surface area contributed by atoms with E-state index in [-0.39, 0.29) is 5.44 Å². The van der Waals surface area contributed by atoms with Crippen LogP contribution in [-0.2, 0) is 11.2 Å². The zero-order chi connectivity index (χ0) is 9.97. The van der Waals surface area contributed by atoms with Gasteiger partial charge in [-0.3, -0.25) is 0 Å². The van der Waals surface area contributed by atoms with Crippen LogP contribution >= 0.6 is 11.8 Å². The first kappa shape index (κ1) is 9.93. The molecule has 0 spiro atoms. The van der Waals surface area contributed by atoms with Crippen molar-refractivity contribution in [2.75, 3.05) is 6.61 Å². The smallest absolute Gasteiger partial charge is 0.116 e. The van der Waals surface area contributed by atoms with Crippen LogP contribution in [0.25, 0.3) is 0 Å². The molecule has 1 aromatic rings. The predicted octanol–water partition coefficient (Wildman–Crippen LogP) is 2.19. The van der Waals surface area contributed by atoms with Gasteiger partial charge in [0, 0.05) is 17.9 Å². The van der Waals surface area contributed by atoms with Gasteiger partial charge in [-0.15, -0.1) is 0 Å². The standard InChI is InChI=1S/C10H14N2OS/c1-3-13-9-5-4-8-7(2)11-6-12-10(8)14-9/h6,9H,3-5H2,1-2H3. The SMILES string of the molecule is CCOC1CCc2c(C)ncnc2S1. The molecule has 0 bridgehead atoms. The molecule has 3 nitrogen and oxygen atoms in total. The highest BCUT2D eigenvalue weighted by Crippen LogP contribution is 2.34. The third kappa shape index (κ3) is 1.91. The van der Waals surface area contributed by atoms with Crippen LogP contribution in [0.1, 0.15) is 24.6 Å². The lowest BCUT2D eigenvalue weighted by Gasteiger charge is -2.23. The summed E-state index contributed by atoms with van der Waals surface area (Å²) >= 11 is 1.72. The van der Waals surface area contributed by atoms with E-state index in [9.17, 15) is 0 Å². The summed E-state index contributed by atoms with van der Waals surface area (Å²) in [5, 5.41) is 1.10. The fourth-order valence-electron chi connectivity index (χ4n) is 1.62. The Balaban J connectivity index is 2.18. The van der Waals surface area contributed by atoms with Crippen LogP contribution in [0.2, 0.25) is 0 Å². The van der Waals surface area contributed by atoms with E-state index in [1.54, 1.807) is 18.1 Å². The quantitative estimate of drug-likeness (QED) is 0.701. The fourth-order valence-corrected chi connectivity index (χ4v) is 2.81. The van der Waals surface area contributed by atoms with Gasteiger partial charge in [0.1, 0.15) is 16.8 Å². The Kier molecular flexibility index (Phi) is 3.03. The van der Waals surface area contributed by atoms with E-state index in [4.69, 9.17) is 4.74 Å². The molecule has 0 radical (unpaired) electrons. The van der Waals surface area contributed by atoms with Crippen LogP contribution in [0.5, 0.6) is 0 Å². The molecule has 0 aromatic carbocycles. The lowest BCUT2D eigenvalue weighted by molar-refractivity contribution is 0.117. The van der Waals surface area contributed by atoms with Gasteiger partial charge in [-0.2, -0.15) is 0 Å². The lowest BCUT2D eigenvalue weighted by atomic mass is 10.1. The number of rotatable bonds is 2. The van der Waals surface area contributed by atoms with E-state index in [0.717, 1.165) is 30.2 Å². The third-order valence-corrected chi connectivity index (χ3v) is 3.56. The molecule has 0 amide bonds. The Morgan fingerprint density at radius 3 is 3.21 bits per heavy atom. The maximum Gasteiger partial charge on any atom is 0.116 e. The minimum atomic E-state index is 0.279. The van der Waals surface area contributed by atoms with Gasteiger partial charge in [0.05, 0.1) is 0 Å². The molecular formula is C10H14N2OS. The molecule has 0 N–H and O–H groups in total. The van der Waals surface area contributed by atoms with Gasteiger partial charge in [-0.25, -0.2) is 9.97 Å². The highest BCUT2D eigenvalue weighted by atomic mass is 32.2. The molecule has 0 saturated heterocycles. The average molecular weight is 210 g/mol. The van der Waals surface area contributed by atoms with Gasteiger partial charge < -0.3 is 4.74 Å². The molecule has 2 heterocycles. The molecule has 0 saturated carbocycles. The van der Waals surface area contributed by atoms with E-state index in [0.29, 0.717) is 0 Å². The summed E-state index contributed by atoms with van der Waals surface area (Å²) in [6.07, 6.45) is 3.74. The Bertz CT molecular complexity index is 330. The second-order valence-corrected chi connectivity index (χ2v) is 4.43. The molecule has 1 atom stereocenters. The van der Waals surface area contributed by atoms with Crippen LogP contribution < -0.4 is 0 Å². The summed E-state index contributed by atoms with van der Waals surface area (Å²) in [5.41, 5.74) is 2.69. The Morgan fingerprint density at radius 2 is 2.43 bits per heavy atom. The number of hydrogen-bond donors (Lipinski definition) is 0. The summed E-state index contributed by atoms with van der Waals surface area (Å²) in [4.78, 5) is 8.48. The van der Waals surface area contributed by atoms with Gasteiger partial charge in [0.2, 0.25) is 0 Å². The van der Waals surface area contributed by atoms with E-state index in [2.05, 4.69) is 9.97 Å². The van der Waals surface area contributed by atoms with Crippen LogP contribution in [0.3, 0.4) is 0 Å². The zero-order valence-corrected chi connectivity index (χ0v) is 9.30. The normalized spacial score (nSPS) is 20.6. The maximum atomic E-state index is 5.58. The zero-order valence-electron chi connectivity index (χ0n) is 8.49. The lowest BCUT2D eigenvalue weighted by Crippen LogP contribution is -2.16. The summed E-state index contributed by atoms with van der Waals surface area (Å²) in [6, 6.07) is 0. The van der Waals surface area contributed by atoms with Crippen molar-refractivity contribution in [2.45, 2.75) is 37.2 Å². The number of hydrogen-bond acceptors (Lipinski definition) is 4. The first-order chi connectivity index (χ1) is 6.81. The number of thioether (sulfide) groups is 1. The molecule has 1 aliphatic rings. The molecule has 0 aliphatic carbocycles. The van der Waals surface area contributed by atoms with E-state index >= 15 is 0 Å². The molecule has 1 unspecified atom stereocenters. The summed E-state index contributed by atoms with van der Waals surface area (Å²) in [6.45, 7) is 4.85. The average Bonchev–Trinajstić information content (AvgIpc) is 2.18. The first-order valence-corrected chi connectivity index (χ1v) is 5.78. The molecule has 14 heavy (non-hydrogen) atoms. The minimum absolute atomic E-state index is 0.279. The molecule has 0 fully saturated rings. The molecular weight excluding hydrogens is 196 g/mol. The molecule has 1 aromatic heterocycles. The Morgan fingerprint density at radius 1 is 1.57 bits per heavy atom. The van der Waals surface area contributed by atoms with Gasteiger partial charge in [-0.1, -0.05) is 11.8 Å². The summed E-state index contributed by atoms with van der Waals surface area (Å²) < 4.78 is 5.58. The molecule has 76 valence electrons. The van der Waals surface area contributed by atoms with E-state index < -0.39 is 0 Å². The summed E-state index contributed by atoms with van der Waals surface area (Å²) in [5.74, 6) is 0. The highest BCUT2D eigenvalue weighted by molar-refractivity contribution is 7.99. The number of nitrogens with zero attached hydrogens (tertiary/aromatic N) is 2. The highest BCUT2D eigenvalue weighted by Gasteiger charge is 2.21. The fraction of sp³-hybridized carbons (Fsp3) is 0.600. The van der Waals surface area contributed by atoms with Crippen molar-refractivity contribution in [3.05, 3.63) is 17.6 Å². The number of ether oxygens (including phenoxy) is 1. The number of fused-ring (bicyclic) bond motifs is 1. The van der Waals surface area contributed by atoms with Crippen molar-refractivity contribution in [1.82, 2.24) is 9.97 Å². The Hall–Kier alpha value is -0.610. The van der Waals surface area contributed by atoms with Crippen LogP contribution in [0, 0.1) is 6.92 Å². The second kappa shape index (κ2) is 4.28. The van der Waals surface area contributed by atoms with Crippen LogP contribution in [0.4, 0.5) is 0 Å². The van der Waals surface area contributed by atoms with Crippen molar-refractivity contribution in [3.63, 3.8) is 0 Å². The largest absolute Gasteiger partial charge is 0.367 e. The third-order valence-electron chi connectivity index (χ3n) is 2.35. The van der Waals surface area contributed by atoms with Crippen molar-refractivity contribution >= 4 is 11.8 Å². The van der Waals surface area contributed by atoms with Crippen LogP contribution in [0.15, 0.2) is 11.4 Å². The predicted molar refractivity (Wildman–Crippen MR) is 56.4 cm³/mol. The molecule has 1 aliphatic heterocycles. The summed E-state index contributed by atoms with van der Waals surface area (Å²) in [7, 11) is 0. The monoisotopic (exact) mass is 210 g/mol. The maximum absolute atomic E-state index is 5.58. The van der Waals surface area contributed by atoms with Gasteiger partial charge >= 0.3 is 0 Å². The topological polar surface area (TPSA) is 35.0 Å². The minimum Gasteiger partial charge on any atom is -0.367 e. The van der Waals surface area contributed by atoms with Gasteiger partial charge in [0.25, 0.3) is 0 Å². The van der Waals surface area contributed by atoms with Crippen molar-refractivity contribution in [3.8, 4) is 0 Å². The van der Waals surface area contributed by atoms with Crippen LogP contribution in [-0.4, -0.2) is 22.0 Å². The number of aromatic nitrogens is 2. The second-order valence-electron chi connectivity index (χ2n) is 3.28. The van der Waals surface area contributed by atoms with Gasteiger partial charge in [0.15, 0.2) is 0 Å².